The second kappa shape index (κ2) is 30.2. The quantitative estimate of drug-likeness (QED) is 0.128. The number of rotatable bonds is 11. The predicted molar refractivity (Wildman–Crippen MR) is 548 cm³/mol. The minimum absolute atomic E-state index is 0.121. The molecule has 6 heteroatoms. The molecule has 27 rings (SSSR count). The number of aromatic nitrogens is 2. The third-order valence-corrected chi connectivity index (χ3v) is 30.9. The fourth-order valence-electron chi connectivity index (χ4n) is 22.9. The van der Waals surface area contributed by atoms with Gasteiger partial charge >= 0.3 is 0 Å². The topological polar surface area (TPSA) is 16.3 Å². The molecule has 0 radical (unpaired) electrons. The second-order valence-electron chi connectivity index (χ2n) is 35.6. The van der Waals surface area contributed by atoms with E-state index in [9.17, 15) is 0 Å². The minimum atomic E-state index is -0.452. The summed E-state index contributed by atoms with van der Waals surface area (Å²) in [6.07, 6.45) is 0. The molecule has 3 aliphatic carbocycles. The lowest BCUT2D eigenvalue weighted by Gasteiger charge is -2.40. The van der Waals surface area contributed by atoms with Gasteiger partial charge in [-0.3, -0.25) is 0 Å². The smallest absolute Gasteiger partial charge is 0.0736 e. The summed E-state index contributed by atoms with van der Waals surface area (Å²) in [6, 6.07) is 175. The molecule has 22 aromatic rings. The zero-order chi connectivity index (χ0) is 86.6. The molecule has 0 saturated carbocycles. The lowest BCUT2D eigenvalue weighted by molar-refractivity contribution is 0.660. The van der Waals surface area contributed by atoms with E-state index in [-0.39, 0.29) is 5.41 Å². The normalized spacial score (nSPS) is 13.7. The number of nitrogens with zero attached hydrogens (tertiary/aromatic N) is 4. The van der Waals surface area contributed by atoms with Crippen molar-refractivity contribution in [2.24, 2.45) is 0 Å². The van der Waals surface area contributed by atoms with Gasteiger partial charge in [0.25, 0.3) is 0 Å². The summed E-state index contributed by atoms with van der Waals surface area (Å²) >= 11 is 3.84. The van der Waals surface area contributed by atoms with Gasteiger partial charge in [0.2, 0.25) is 0 Å². The molecule has 2 aliphatic heterocycles. The zero-order valence-electron chi connectivity index (χ0n) is 72.1. The minimum Gasteiger partial charge on any atom is -0.310 e. The van der Waals surface area contributed by atoms with Gasteiger partial charge in [-0.15, -0.1) is 0 Å². The molecular weight excluding hydrogens is 1620 g/mol. The van der Waals surface area contributed by atoms with E-state index < -0.39 is 10.8 Å². The van der Waals surface area contributed by atoms with Crippen LogP contribution < -0.4 is 9.80 Å². The standard InChI is InChI=1S/C64H44N2S.C61H40N2S/c1-63(2)53-22-10-6-18-47(53)50-37-36-46(40-58(50)63)65(43-30-28-42(29-31-43)41-16-4-3-5-17-41)44-32-34-45(35-33-44)66-59-26-14-9-21-51(59)52-38-39-57-62(61(52)66)67-60-27-15-13-25-56(60)64(57)54-23-11-7-19-48(54)49-20-8-12-24-55(49)64;1-3-17-41(18-4-1)42-31-33-44(34-32-42)62(56-28-14-9-21-47(56)43-19-5-2-6-20-43)45-35-37-46(38-36-45)63-57-29-15-10-24-50(57)51-39-40-55-60(59(51)63)64-58-30-16-13-27-54(58)61(55)52-25-11-7-22-48(52)49-23-8-12-26-53(49)61/h3-40H,1-2H3;1-40H. The Morgan fingerprint density at radius 1 is 0.206 bits per heavy atom. The van der Waals surface area contributed by atoms with E-state index in [1.165, 1.54) is 186 Å². The highest BCUT2D eigenvalue weighted by Gasteiger charge is 2.53. The van der Waals surface area contributed by atoms with E-state index in [0.717, 1.165) is 45.5 Å². The third kappa shape index (κ3) is 11.5. The number of benzene rings is 20. The summed E-state index contributed by atoms with van der Waals surface area (Å²) in [7, 11) is 0. The molecule has 0 N–H and O–H groups in total. The molecular formula is C125H84N4S2. The first-order chi connectivity index (χ1) is 64.8. The van der Waals surface area contributed by atoms with Crippen LogP contribution >= 0.6 is 23.5 Å². The third-order valence-electron chi connectivity index (χ3n) is 28.6. The molecule has 0 saturated heterocycles. The molecule has 4 nitrogen and oxygen atoms in total. The molecule has 0 atom stereocenters. The molecule has 0 fully saturated rings. The summed E-state index contributed by atoms with van der Waals surface area (Å²) < 4.78 is 5.05. The van der Waals surface area contributed by atoms with Gasteiger partial charge in [0, 0.05) is 91.9 Å². The van der Waals surface area contributed by atoms with Gasteiger partial charge < -0.3 is 18.9 Å². The first-order valence-electron chi connectivity index (χ1n) is 45.4. The van der Waals surface area contributed by atoms with Crippen LogP contribution in [0, 0.1) is 0 Å². The number of para-hydroxylation sites is 3. The highest BCUT2D eigenvalue weighted by Crippen LogP contribution is 2.66. The van der Waals surface area contributed by atoms with Crippen LogP contribution in [0.1, 0.15) is 69.5 Å². The Kier molecular flexibility index (Phi) is 17.7. The van der Waals surface area contributed by atoms with E-state index in [1.807, 2.05) is 23.5 Å². The molecule has 0 bridgehead atoms. The Morgan fingerprint density at radius 2 is 0.519 bits per heavy atom. The molecule has 616 valence electrons. The Hall–Kier alpha value is -15.7. The first kappa shape index (κ1) is 76.5. The number of anilines is 6. The van der Waals surface area contributed by atoms with Crippen molar-refractivity contribution >= 4 is 101 Å². The van der Waals surface area contributed by atoms with E-state index in [2.05, 4.69) is 506 Å². The van der Waals surface area contributed by atoms with Crippen LogP contribution in [0.15, 0.2) is 493 Å². The predicted octanol–water partition coefficient (Wildman–Crippen LogP) is 33.5. The second-order valence-corrected chi connectivity index (χ2v) is 37.7. The van der Waals surface area contributed by atoms with Crippen molar-refractivity contribution in [2.45, 2.75) is 49.7 Å². The fourth-order valence-corrected chi connectivity index (χ4v) is 25.5. The van der Waals surface area contributed by atoms with E-state index in [4.69, 9.17) is 0 Å². The van der Waals surface area contributed by atoms with Gasteiger partial charge in [-0.1, -0.05) is 395 Å². The van der Waals surface area contributed by atoms with Crippen molar-refractivity contribution in [3.63, 3.8) is 0 Å². The fraction of sp³-hybridized carbons (Fsp3) is 0.0400. The Morgan fingerprint density at radius 3 is 0.954 bits per heavy atom. The molecule has 2 spiro atoms. The van der Waals surface area contributed by atoms with Gasteiger partial charge in [-0.25, -0.2) is 0 Å². The van der Waals surface area contributed by atoms with Crippen LogP contribution in [0.5, 0.6) is 0 Å². The Bertz CT molecular complexity index is 8260. The average molecular weight is 1710 g/mol. The SMILES string of the molecule is CC1(C)c2ccccc2-c2ccc(N(c3ccc(-c4ccccc4)cc3)c3ccc(-n4c5ccccc5c5ccc6c(c54)Sc4ccccc4C64c5ccccc5-c5ccccc54)cc3)cc21.c1ccc(-c2ccc(N(c3ccc(-n4c5ccccc5c5ccc6c(c54)Sc4ccccc4C64c5ccccc5-c5ccccc54)cc3)c3ccccc3-c3ccccc3)cc2)cc1. The maximum atomic E-state index is 2.53. The van der Waals surface area contributed by atoms with Crippen molar-refractivity contribution in [3.05, 3.63) is 529 Å². The maximum Gasteiger partial charge on any atom is 0.0736 e. The van der Waals surface area contributed by atoms with Crippen molar-refractivity contribution in [1.82, 2.24) is 9.13 Å². The number of hydrogen-bond acceptors (Lipinski definition) is 4. The van der Waals surface area contributed by atoms with Crippen LogP contribution in [0.2, 0.25) is 0 Å². The molecule has 20 aromatic carbocycles. The van der Waals surface area contributed by atoms with E-state index >= 15 is 0 Å². The van der Waals surface area contributed by atoms with Crippen molar-refractivity contribution in [2.75, 3.05) is 9.80 Å². The van der Waals surface area contributed by atoms with Crippen LogP contribution in [0.3, 0.4) is 0 Å². The molecule has 5 aliphatic rings. The van der Waals surface area contributed by atoms with E-state index in [0.29, 0.717) is 0 Å². The molecule has 2 aromatic heterocycles. The lowest BCUT2D eigenvalue weighted by atomic mass is 9.67. The van der Waals surface area contributed by atoms with Crippen LogP contribution in [-0.4, -0.2) is 9.13 Å². The van der Waals surface area contributed by atoms with Crippen LogP contribution in [-0.2, 0) is 16.2 Å². The van der Waals surface area contributed by atoms with Gasteiger partial charge in [0.05, 0.1) is 38.6 Å². The highest BCUT2D eigenvalue weighted by atomic mass is 32.2. The number of hydrogen-bond donors (Lipinski definition) is 0. The van der Waals surface area contributed by atoms with Gasteiger partial charge in [0.1, 0.15) is 0 Å². The van der Waals surface area contributed by atoms with E-state index in [1.54, 1.807) is 0 Å². The molecule has 4 heterocycles. The molecule has 131 heavy (non-hydrogen) atoms. The van der Waals surface area contributed by atoms with Crippen LogP contribution in [0.4, 0.5) is 34.1 Å². The summed E-state index contributed by atoms with van der Waals surface area (Å²) in [5.41, 5.74) is 41.4. The first-order valence-corrected chi connectivity index (χ1v) is 47.0. The monoisotopic (exact) mass is 1700 g/mol. The van der Waals surface area contributed by atoms with Crippen molar-refractivity contribution in [1.29, 1.82) is 0 Å². The Balaban J connectivity index is 0.000000138. The molecule has 0 amide bonds. The van der Waals surface area contributed by atoms with Crippen molar-refractivity contribution in [3.8, 4) is 78.1 Å². The number of fused-ring (bicyclic) bond motifs is 29. The summed E-state index contributed by atoms with van der Waals surface area (Å²) in [5.74, 6) is 0. The summed E-state index contributed by atoms with van der Waals surface area (Å²) in [6.45, 7) is 4.73. The van der Waals surface area contributed by atoms with Gasteiger partial charge in [-0.05, 0) is 232 Å². The lowest BCUT2D eigenvalue weighted by Crippen LogP contribution is -2.32. The average Bonchev–Trinajstić information content (AvgIpc) is 1.52. The van der Waals surface area contributed by atoms with Crippen LogP contribution in [0.25, 0.3) is 122 Å². The largest absolute Gasteiger partial charge is 0.310 e. The maximum absolute atomic E-state index is 2.53. The summed E-state index contributed by atoms with van der Waals surface area (Å²) in [4.78, 5) is 10.0. The highest BCUT2D eigenvalue weighted by molar-refractivity contribution is 8.00. The van der Waals surface area contributed by atoms with Gasteiger partial charge in [-0.2, -0.15) is 0 Å². The Labute approximate surface area is 771 Å². The molecule has 0 unspecified atom stereocenters. The van der Waals surface area contributed by atoms with Gasteiger partial charge in [0.15, 0.2) is 0 Å². The zero-order valence-corrected chi connectivity index (χ0v) is 73.8. The summed E-state index contributed by atoms with van der Waals surface area (Å²) in [5, 5.41) is 5.04. The van der Waals surface area contributed by atoms with Crippen molar-refractivity contribution < 1.29 is 0 Å².